The number of ether oxygens (including phenoxy) is 2. The number of fused-ring (bicyclic) bond motifs is 7. The van der Waals surface area contributed by atoms with Crippen molar-refractivity contribution in [2.45, 2.75) is 128 Å². The first-order chi connectivity index (χ1) is 30.7. The zero-order chi connectivity index (χ0) is 42.6. The van der Waals surface area contributed by atoms with Gasteiger partial charge >= 0.3 is 11.9 Å². The molecule has 330 valence electrons. The fourth-order valence-electron chi connectivity index (χ4n) is 17.6. The van der Waals surface area contributed by atoms with Crippen molar-refractivity contribution in [1.29, 1.82) is 0 Å². The lowest BCUT2D eigenvalue weighted by atomic mass is 9.28. The predicted molar refractivity (Wildman–Crippen MR) is 241 cm³/mol. The number of benzene rings is 2. The molecule has 13 atom stereocenters. The number of rotatable bonds is 5. The molecule has 4 fully saturated rings. The molecule has 5 aliphatic carbocycles. The molecule has 8 heteroatoms. The second-order valence-electron chi connectivity index (χ2n) is 22.1. The molecule has 2 aromatic rings. The van der Waals surface area contributed by atoms with E-state index in [0.29, 0.717) is 72.8 Å². The number of carbonyl (C=O) groups excluding carboxylic acids is 2. The minimum absolute atomic E-state index is 0.114. The Bertz CT molecular complexity index is 2460. The van der Waals surface area contributed by atoms with Gasteiger partial charge in [0.25, 0.3) is 0 Å². The average Bonchev–Trinajstić information content (AvgIpc) is 3.73. The van der Waals surface area contributed by atoms with Crippen molar-refractivity contribution in [2.75, 3.05) is 26.2 Å². The highest BCUT2D eigenvalue weighted by Crippen LogP contribution is 2.87. The van der Waals surface area contributed by atoms with Gasteiger partial charge in [0.05, 0.1) is 17.0 Å². The summed E-state index contributed by atoms with van der Waals surface area (Å²) in [4.78, 5) is 36.6. The molecule has 3 spiro atoms. The third-order valence-corrected chi connectivity index (χ3v) is 19.3. The van der Waals surface area contributed by atoms with Crippen LogP contribution in [0.3, 0.4) is 0 Å². The van der Waals surface area contributed by atoms with Crippen LogP contribution >= 0.6 is 0 Å². The molecule has 3 saturated heterocycles. The monoisotopic (exact) mass is 847 g/mol. The van der Waals surface area contributed by atoms with Crippen LogP contribution in [0.1, 0.15) is 124 Å². The summed E-state index contributed by atoms with van der Waals surface area (Å²) in [7, 11) is 0. The lowest BCUT2D eigenvalue weighted by Gasteiger charge is -2.72. The molecule has 14 aliphatic rings. The van der Waals surface area contributed by atoms with E-state index in [-0.39, 0.29) is 35.6 Å². The van der Waals surface area contributed by atoms with Crippen LogP contribution in [0.2, 0.25) is 0 Å². The number of piperidine rings is 2. The highest BCUT2D eigenvalue weighted by molar-refractivity contribution is 6.00. The van der Waals surface area contributed by atoms with Gasteiger partial charge in [0.15, 0.2) is 11.4 Å². The Balaban J connectivity index is 1.12. The van der Waals surface area contributed by atoms with Crippen molar-refractivity contribution >= 4 is 11.9 Å². The van der Waals surface area contributed by atoms with E-state index < -0.39 is 16.4 Å². The molecular formula is C55H65N3O5. The number of allylic oxidation sites excluding steroid dienone is 3. The maximum Gasteiger partial charge on any atom is 0.339 e. The quantitative estimate of drug-likeness (QED) is 0.227. The van der Waals surface area contributed by atoms with Gasteiger partial charge in [0.2, 0.25) is 0 Å². The number of nitrogens with two attached hydrogens (primary N) is 1. The van der Waals surface area contributed by atoms with Crippen LogP contribution in [-0.2, 0) is 39.1 Å². The Morgan fingerprint density at radius 1 is 0.968 bits per heavy atom. The number of aliphatic hydroxyl groups is 1. The standard InChI is InChI=1S/C55H65N3O5/c1-3-9-39-27-44(59)50-53-20-19-40-42-26-37(46-31(2)22-36-17-18-43-38-25-34(28-57(39)30-38)29-58(43)49(36)48(40)46)24-33-12-6-11-32(23-33)10-4-5-16-45(54(42,53)52(61)62-50)55(53)41-15-7-13-35(14-8-21-56)47(41)51(60)63-55/h6-7,11-13,15,17-18,23,31,34,37-39,43,45-46,48,59H,3-5,8-10,14,16,19-22,24-30,56H2,1-2H3/t31-,34+,37-,38-,39-,43+,45+,46-,48+,53-,54+,55-/m1/s1. The first-order valence-electron chi connectivity index (χ1n) is 25.2. The zero-order valence-corrected chi connectivity index (χ0v) is 37.4. The lowest BCUT2D eigenvalue weighted by Crippen LogP contribution is -2.77. The number of aliphatic hydroxyl groups excluding tert-OH is 1. The fourth-order valence-corrected chi connectivity index (χ4v) is 17.6. The Hall–Kier alpha value is -4.14. The lowest BCUT2D eigenvalue weighted by molar-refractivity contribution is -0.279. The number of nitrogens with zero attached hydrogens (tertiary/aromatic N) is 2. The van der Waals surface area contributed by atoms with Crippen molar-refractivity contribution < 1.29 is 24.2 Å². The maximum atomic E-state index is 16.1. The van der Waals surface area contributed by atoms with Crippen LogP contribution in [0, 0.1) is 52.3 Å². The van der Waals surface area contributed by atoms with Gasteiger partial charge in [-0.3, -0.25) is 9.69 Å². The van der Waals surface area contributed by atoms with Crippen LogP contribution in [-0.4, -0.2) is 65.1 Å². The summed E-state index contributed by atoms with van der Waals surface area (Å²) in [5, 5.41) is 13.1. The first-order valence-corrected chi connectivity index (χ1v) is 25.2. The largest absolute Gasteiger partial charge is 0.509 e. The minimum Gasteiger partial charge on any atom is -0.509 e. The second kappa shape index (κ2) is 13.9. The molecule has 0 radical (unpaired) electrons. The summed E-state index contributed by atoms with van der Waals surface area (Å²) < 4.78 is 14.2. The average molecular weight is 848 g/mol. The van der Waals surface area contributed by atoms with Gasteiger partial charge in [-0.1, -0.05) is 92.5 Å². The van der Waals surface area contributed by atoms with Crippen LogP contribution in [0.25, 0.3) is 0 Å². The van der Waals surface area contributed by atoms with E-state index in [1.807, 2.05) is 0 Å². The predicted octanol–water partition coefficient (Wildman–Crippen LogP) is 9.24. The maximum absolute atomic E-state index is 16.1. The minimum atomic E-state index is -1.14. The smallest absolute Gasteiger partial charge is 0.339 e. The van der Waals surface area contributed by atoms with E-state index in [4.69, 9.17) is 15.2 Å². The summed E-state index contributed by atoms with van der Waals surface area (Å²) in [5.41, 5.74) is 14.0. The molecule has 15 bridgehead atoms. The van der Waals surface area contributed by atoms with Crippen molar-refractivity contribution in [2.24, 2.45) is 58.0 Å². The molecule has 9 aliphatic heterocycles. The van der Waals surface area contributed by atoms with Crippen molar-refractivity contribution in [3.05, 3.63) is 116 Å². The molecule has 0 aromatic heterocycles. The highest BCUT2D eigenvalue weighted by Gasteiger charge is 2.93. The molecule has 1 saturated carbocycles. The van der Waals surface area contributed by atoms with Crippen molar-refractivity contribution in [3.63, 3.8) is 0 Å². The second-order valence-corrected chi connectivity index (χ2v) is 22.1. The SMILES string of the molecule is CCC[C@@H]1CC(O)=C2OC(=O)[C@@]34C5=C6CC[C@@]23[C@]2(OC(=O)c3c(CCCN)cccc32)[C@H]4CCCCc2cccc(c2)C[C@H](C5)[C@@H]2[C@H]6C3=C(C=C[C@H]4[C@@H]5C[C@@H](CN1C5)CN34)C[C@H]2C. The van der Waals surface area contributed by atoms with E-state index in [1.165, 1.54) is 34.3 Å². The molecule has 3 N–H and O–H groups in total. The first kappa shape index (κ1) is 39.2. The molecule has 9 heterocycles. The number of hydrogen-bond donors (Lipinski definition) is 2. The molecular weight excluding hydrogens is 783 g/mol. The Morgan fingerprint density at radius 3 is 2.71 bits per heavy atom. The van der Waals surface area contributed by atoms with Gasteiger partial charge in [-0.05, 0) is 135 Å². The molecule has 16 rings (SSSR count). The number of carbonyl (C=O) groups is 2. The molecule has 2 aromatic carbocycles. The van der Waals surface area contributed by atoms with E-state index in [0.717, 1.165) is 101 Å². The summed E-state index contributed by atoms with van der Waals surface area (Å²) in [6.45, 7) is 8.41. The zero-order valence-electron chi connectivity index (χ0n) is 37.4. The number of esters is 2. The van der Waals surface area contributed by atoms with Crippen LogP contribution in [0.15, 0.2) is 88.6 Å². The van der Waals surface area contributed by atoms with Gasteiger partial charge in [0.1, 0.15) is 11.2 Å². The number of aryl methyl sites for hydroxylation is 2. The van der Waals surface area contributed by atoms with Crippen LogP contribution in [0.5, 0.6) is 0 Å². The van der Waals surface area contributed by atoms with E-state index in [2.05, 4.69) is 78.3 Å². The third-order valence-electron chi connectivity index (χ3n) is 19.3. The van der Waals surface area contributed by atoms with Gasteiger partial charge in [-0.15, -0.1) is 0 Å². The van der Waals surface area contributed by atoms with E-state index in [1.54, 1.807) is 5.70 Å². The van der Waals surface area contributed by atoms with Gasteiger partial charge in [-0.2, -0.15) is 0 Å². The topological polar surface area (TPSA) is 105 Å². The highest BCUT2D eigenvalue weighted by atomic mass is 16.6. The van der Waals surface area contributed by atoms with Gasteiger partial charge in [0, 0.05) is 55.2 Å². The van der Waals surface area contributed by atoms with Crippen molar-refractivity contribution in [1.82, 2.24) is 9.80 Å². The molecule has 1 unspecified atom stereocenters. The molecule has 8 nitrogen and oxygen atoms in total. The van der Waals surface area contributed by atoms with Gasteiger partial charge in [-0.25, -0.2) is 4.79 Å². The van der Waals surface area contributed by atoms with E-state index >= 15 is 4.79 Å². The Kier molecular flexibility index (Phi) is 8.68. The summed E-state index contributed by atoms with van der Waals surface area (Å²) >= 11 is 0. The fraction of sp³-hybridized carbons (Fsp3) is 0.600. The Morgan fingerprint density at radius 2 is 1.84 bits per heavy atom. The molecule has 0 amide bonds. The third kappa shape index (κ3) is 4.90. The summed E-state index contributed by atoms with van der Waals surface area (Å²) in [6, 6.07) is 16.2. The van der Waals surface area contributed by atoms with Crippen LogP contribution < -0.4 is 5.73 Å². The normalized spacial score (nSPS) is 41.3. The van der Waals surface area contributed by atoms with Crippen molar-refractivity contribution in [3.8, 4) is 0 Å². The van der Waals surface area contributed by atoms with Crippen LogP contribution in [0.4, 0.5) is 0 Å². The Labute approximate surface area is 373 Å². The summed E-state index contributed by atoms with van der Waals surface area (Å²) in [6.07, 6.45) is 18.1. The number of hydrogen-bond acceptors (Lipinski definition) is 8. The van der Waals surface area contributed by atoms with E-state index in [9.17, 15) is 9.90 Å². The van der Waals surface area contributed by atoms with Gasteiger partial charge < -0.3 is 25.2 Å². The summed E-state index contributed by atoms with van der Waals surface area (Å²) in [5.74, 6) is 2.35. The molecule has 63 heavy (non-hydrogen) atoms.